The lowest BCUT2D eigenvalue weighted by Gasteiger charge is -2.16. The Morgan fingerprint density at radius 2 is 2.26 bits per heavy atom. The number of carbonyl (C=O) groups excluding carboxylic acids is 1. The number of ether oxygens (including phenoxy) is 2. The van der Waals surface area contributed by atoms with E-state index in [1.165, 1.54) is 0 Å². The third kappa shape index (κ3) is 3.16. The number of phenolic OH excluding ortho intramolecular Hbond substituents is 1. The minimum atomic E-state index is -0.492. The van der Waals surface area contributed by atoms with E-state index >= 15 is 0 Å². The van der Waals surface area contributed by atoms with E-state index in [0.717, 1.165) is 17.6 Å². The Hall–Kier alpha value is -2.48. The first-order valence-electron chi connectivity index (χ1n) is 7.68. The van der Waals surface area contributed by atoms with Crippen LogP contribution in [0, 0.1) is 18.3 Å². The van der Waals surface area contributed by atoms with E-state index in [0.29, 0.717) is 36.1 Å². The first kappa shape index (κ1) is 16.9. The number of benzene rings is 1. The fourth-order valence-electron chi connectivity index (χ4n) is 2.91. The second-order valence-corrected chi connectivity index (χ2v) is 5.49. The lowest BCUT2D eigenvalue weighted by molar-refractivity contribution is 0.0533. The van der Waals surface area contributed by atoms with Crippen LogP contribution in [0.2, 0.25) is 0 Å². The van der Waals surface area contributed by atoms with Crippen LogP contribution in [-0.4, -0.2) is 18.2 Å². The number of hydrogen-bond donors (Lipinski definition) is 1. The second kappa shape index (κ2) is 7.19. The van der Waals surface area contributed by atoms with Crippen LogP contribution in [0.4, 0.5) is 0 Å². The van der Waals surface area contributed by atoms with Gasteiger partial charge in [-0.3, -0.25) is 0 Å². The maximum absolute atomic E-state index is 11.9. The molecule has 5 heteroatoms. The zero-order chi connectivity index (χ0) is 17.0. The van der Waals surface area contributed by atoms with Crippen LogP contribution in [0.5, 0.6) is 11.5 Å². The van der Waals surface area contributed by atoms with Crippen molar-refractivity contribution < 1.29 is 19.4 Å². The van der Waals surface area contributed by atoms with Gasteiger partial charge < -0.3 is 14.6 Å². The van der Waals surface area contributed by atoms with Crippen LogP contribution < -0.4 is 4.74 Å². The average Bonchev–Trinajstić information content (AvgIpc) is 2.94. The van der Waals surface area contributed by atoms with Gasteiger partial charge in [0, 0.05) is 17.5 Å². The predicted molar refractivity (Wildman–Crippen MR) is 85.4 cm³/mol. The third-order valence-corrected chi connectivity index (χ3v) is 4.25. The average molecular weight is 315 g/mol. The van der Waals surface area contributed by atoms with Gasteiger partial charge in [0.25, 0.3) is 0 Å². The molecule has 5 nitrogen and oxygen atoms in total. The fourth-order valence-corrected chi connectivity index (χ4v) is 2.91. The van der Waals surface area contributed by atoms with Crippen molar-refractivity contribution in [3.05, 3.63) is 33.9 Å². The quantitative estimate of drug-likeness (QED) is 0.641. The summed E-state index contributed by atoms with van der Waals surface area (Å²) in [6.07, 6.45) is 4.48. The number of fused-ring (bicyclic) bond motifs is 1. The molecule has 0 spiro atoms. The number of hydrogen-bond acceptors (Lipinski definition) is 5. The number of methoxy groups -OCH3 is 1. The highest BCUT2D eigenvalue weighted by Crippen LogP contribution is 2.42. The van der Waals surface area contributed by atoms with Gasteiger partial charge in [0.1, 0.15) is 23.7 Å². The molecule has 0 unspecified atom stereocenters. The predicted octanol–water partition coefficient (Wildman–Crippen LogP) is 3.56. The summed E-state index contributed by atoms with van der Waals surface area (Å²) in [6.45, 7) is 4.07. The topological polar surface area (TPSA) is 79.5 Å². The molecule has 0 amide bonds. The van der Waals surface area contributed by atoms with Gasteiger partial charge in [-0.25, -0.2) is 4.79 Å². The van der Waals surface area contributed by atoms with Crippen LogP contribution in [0.1, 0.15) is 53.2 Å². The zero-order valence-corrected chi connectivity index (χ0v) is 13.7. The summed E-state index contributed by atoms with van der Waals surface area (Å²) in [5.74, 6) is 0.0390. The van der Waals surface area contributed by atoms with Crippen molar-refractivity contribution in [3.8, 4) is 17.6 Å². The number of aromatic hydroxyl groups is 1. The van der Waals surface area contributed by atoms with Crippen LogP contribution in [0.3, 0.4) is 0 Å². The maximum Gasteiger partial charge on any atom is 0.342 e. The van der Waals surface area contributed by atoms with Crippen molar-refractivity contribution >= 4 is 5.97 Å². The summed E-state index contributed by atoms with van der Waals surface area (Å²) in [4.78, 5) is 11.9. The highest BCUT2D eigenvalue weighted by Gasteiger charge is 2.31. The normalized spacial score (nSPS) is 13.5. The van der Waals surface area contributed by atoms with E-state index in [9.17, 15) is 9.90 Å². The number of nitriles is 1. The minimum absolute atomic E-state index is 0.0584. The van der Waals surface area contributed by atoms with Gasteiger partial charge in [-0.2, -0.15) is 5.26 Å². The van der Waals surface area contributed by atoms with Gasteiger partial charge in [0.2, 0.25) is 0 Å². The molecule has 1 heterocycles. The molecular weight excluding hydrogens is 294 g/mol. The van der Waals surface area contributed by atoms with Crippen LogP contribution >= 0.6 is 0 Å². The molecule has 2 rings (SSSR count). The van der Waals surface area contributed by atoms with Gasteiger partial charge in [-0.15, -0.1) is 0 Å². The molecule has 1 N–H and O–H groups in total. The van der Waals surface area contributed by atoms with E-state index in [1.54, 1.807) is 7.11 Å². The van der Waals surface area contributed by atoms with Crippen LogP contribution in [-0.2, 0) is 17.8 Å². The van der Waals surface area contributed by atoms with E-state index in [2.05, 4.69) is 6.07 Å². The van der Waals surface area contributed by atoms with E-state index < -0.39 is 5.97 Å². The Morgan fingerprint density at radius 1 is 1.52 bits per heavy atom. The first-order valence-corrected chi connectivity index (χ1v) is 7.68. The Kier molecular flexibility index (Phi) is 5.28. The number of carbonyl (C=O) groups is 1. The lowest BCUT2D eigenvalue weighted by atomic mass is 9.94. The van der Waals surface area contributed by atoms with Crippen molar-refractivity contribution in [1.82, 2.24) is 0 Å². The van der Waals surface area contributed by atoms with E-state index in [1.807, 2.05) is 19.9 Å². The third-order valence-electron chi connectivity index (χ3n) is 4.25. The largest absolute Gasteiger partial charge is 0.507 e. The minimum Gasteiger partial charge on any atom is -0.507 e. The number of rotatable bonds is 6. The summed E-state index contributed by atoms with van der Waals surface area (Å²) in [6, 6.07) is 2.14. The standard InChI is InChI=1S/C18H21NO4/c1-4-12(6-5-9-19)7-8-13-16(20)15-14(10-23-18(15)21)11(2)17(13)22-3/h7,20H,4-6,8,10H2,1-3H3/b12-7+. The van der Waals surface area contributed by atoms with Crippen molar-refractivity contribution in [2.24, 2.45) is 0 Å². The number of cyclic esters (lactones) is 1. The van der Waals surface area contributed by atoms with Crippen molar-refractivity contribution in [3.63, 3.8) is 0 Å². The fraction of sp³-hybridized carbons (Fsp3) is 0.444. The number of allylic oxidation sites excluding steroid dienone is 2. The molecule has 0 aromatic heterocycles. The molecule has 0 fully saturated rings. The molecule has 1 aliphatic rings. The molecule has 122 valence electrons. The molecule has 1 aliphatic heterocycles. The van der Waals surface area contributed by atoms with Crippen LogP contribution in [0.25, 0.3) is 0 Å². The summed E-state index contributed by atoms with van der Waals surface area (Å²) in [5, 5.41) is 19.2. The van der Waals surface area contributed by atoms with E-state index in [4.69, 9.17) is 14.7 Å². The SMILES string of the molecule is CC/C(=C\Cc1c(O)c2c(c(C)c1OC)COC2=O)CCC#N. The van der Waals surface area contributed by atoms with Crippen LogP contribution in [0.15, 0.2) is 11.6 Å². The maximum atomic E-state index is 11.9. The Bertz CT molecular complexity index is 698. The van der Waals surface area contributed by atoms with Gasteiger partial charge in [-0.1, -0.05) is 18.6 Å². The summed E-state index contributed by atoms with van der Waals surface area (Å²) in [5.41, 5.74) is 3.50. The Morgan fingerprint density at radius 3 is 2.87 bits per heavy atom. The molecule has 0 saturated carbocycles. The molecule has 1 aromatic carbocycles. The van der Waals surface area contributed by atoms with Crippen molar-refractivity contribution in [1.29, 1.82) is 5.26 Å². The van der Waals surface area contributed by atoms with Gasteiger partial charge >= 0.3 is 5.97 Å². The van der Waals surface area contributed by atoms with Crippen molar-refractivity contribution in [2.75, 3.05) is 7.11 Å². The Labute approximate surface area is 136 Å². The van der Waals surface area contributed by atoms with Gasteiger partial charge in [0.05, 0.1) is 13.2 Å². The second-order valence-electron chi connectivity index (χ2n) is 5.49. The number of phenols is 1. The monoisotopic (exact) mass is 315 g/mol. The summed E-state index contributed by atoms with van der Waals surface area (Å²) < 4.78 is 10.5. The molecule has 0 atom stereocenters. The molecular formula is C18H21NO4. The van der Waals surface area contributed by atoms with Gasteiger partial charge in [0.15, 0.2) is 0 Å². The zero-order valence-electron chi connectivity index (χ0n) is 13.7. The molecule has 0 radical (unpaired) electrons. The number of esters is 1. The smallest absolute Gasteiger partial charge is 0.342 e. The highest BCUT2D eigenvalue weighted by atomic mass is 16.5. The molecule has 23 heavy (non-hydrogen) atoms. The van der Waals surface area contributed by atoms with Gasteiger partial charge in [-0.05, 0) is 31.7 Å². The molecule has 0 bridgehead atoms. The number of nitrogens with zero attached hydrogens (tertiary/aromatic N) is 1. The molecule has 0 saturated heterocycles. The van der Waals surface area contributed by atoms with Crippen molar-refractivity contribution in [2.45, 2.75) is 46.1 Å². The Balaban J connectivity index is 2.44. The first-order chi connectivity index (χ1) is 11.0. The van der Waals surface area contributed by atoms with E-state index in [-0.39, 0.29) is 17.9 Å². The summed E-state index contributed by atoms with van der Waals surface area (Å²) >= 11 is 0. The highest BCUT2D eigenvalue weighted by molar-refractivity contribution is 5.98. The summed E-state index contributed by atoms with van der Waals surface area (Å²) in [7, 11) is 1.55. The molecule has 1 aromatic rings. The lowest BCUT2D eigenvalue weighted by Crippen LogP contribution is -2.03. The molecule has 0 aliphatic carbocycles.